The largest absolute Gasteiger partial charge is 0.397 e. The minimum Gasteiger partial charge on any atom is -0.397 e. The molecule has 1 aliphatic carbocycles. The van der Waals surface area contributed by atoms with E-state index in [1.165, 1.54) is 11.3 Å². The molecule has 3 rings (SSSR count). The summed E-state index contributed by atoms with van der Waals surface area (Å²) >= 11 is 1.35. The normalized spacial score (nSPS) is 21.8. The summed E-state index contributed by atoms with van der Waals surface area (Å²) in [4.78, 5) is 18.2. The van der Waals surface area contributed by atoms with Crippen molar-refractivity contribution in [3.8, 4) is 0 Å². The Morgan fingerprint density at radius 3 is 3.05 bits per heavy atom. The highest BCUT2D eigenvalue weighted by Crippen LogP contribution is 2.34. The van der Waals surface area contributed by atoms with Gasteiger partial charge in [-0.25, -0.2) is 4.98 Å². The lowest BCUT2D eigenvalue weighted by Crippen LogP contribution is -2.40. The zero-order chi connectivity index (χ0) is 15.0. The van der Waals surface area contributed by atoms with Crippen LogP contribution in [-0.2, 0) is 4.74 Å². The first kappa shape index (κ1) is 14.3. The number of nitrogens with one attached hydrogen (secondary N) is 1. The molecule has 2 unspecified atom stereocenters. The minimum absolute atomic E-state index is 0.0705. The van der Waals surface area contributed by atoms with Crippen molar-refractivity contribution < 1.29 is 9.53 Å². The number of ether oxygens (including phenoxy) is 1. The molecular weight excluding hydrogens is 286 g/mol. The van der Waals surface area contributed by atoms with E-state index in [0.717, 1.165) is 35.0 Å². The van der Waals surface area contributed by atoms with Crippen LogP contribution in [0, 0.1) is 6.92 Å². The van der Waals surface area contributed by atoms with E-state index in [4.69, 9.17) is 10.5 Å². The molecular formula is C15H19N3O2S. The summed E-state index contributed by atoms with van der Waals surface area (Å²) in [5, 5.41) is 3.95. The highest BCUT2D eigenvalue weighted by Gasteiger charge is 2.30. The third kappa shape index (κ3) is 2.49. The van der Waals surface area contributed by atoms with Gasteiger partial charge in [0.15, 0.2) is 0 Å². The summed E-state index contributed by atoms with van der Waals surface area (Å²) in [6.07, 6.45) is 4.86. The third-order valence-corrected chi connectivity index (χ3v) is 5.23. The lowest BCUT2D eigenvalue weighted by molar-refractivity contribution is 0.0725. The summed E-state index contributed by atoms with van der Waals surface area (Å²) in [6, 6.07) is 1.98. The van der Waals surface area contributed by atoms with E-state index >= 15 is 0 Å². The van der Waals surface area contributed by atoms with Gasteiger partial charge in [-0.3, -0.25) is 4.79 Å². The van der Waals surface area contributed by atoms with Gasteiger partial charge >= 0.3 is 0 Å². The Morgan fingerprint density at radius 1 is 1.52 bits per heavy atom. The predicted octanol–water partition coefficient (Wildman–Crippen LogP) is 2.48. The number of hydrogen-bond donors (Lipinski definition) is 2. The average molecular weight is 305 g/mol. The number of rotatable bonds is 3. The Bertz CT molecular complexity index is 683. The number of aromatic nitrogens is 1. The van der Waals surface area contributed by atoms with Crippen LogP contribution in [0.15, 0.2) is 12.3 Å². The number of methoxy groups -OCH3 is 1. The zero-order valence-electron chi connectivity index (χ0n) is 12.2. The lowest BCUT2D eigenvalue weighted by atomic mass is 10.1. The van der Waals surface area contributed by atoms with Crippen molar-refractivity contribution in [2.24, 2.45) is 0 Å². The molecule has 0 radical (unpaired) electrons. The second kappa shape index (κ2) is 5.61. The van der Waals surface area contributed by atoms with Gasteiger partial charge in [0.1, 0.15) is 9.71 Å². The van der Waals surface area contributed by atoms with Crippen molar-refractivity contribution in [2.45, 2.75) is 38.3 Å². The predicted molar refractivity (Wildman–Crippen MR) is 84.7 cm³/mol. The van der Waals surface area contributed by atoms with Crippen molar-refractivity contribution in [1.82, 2.24) is 10.3 Å². The number of thiophene rings is 1. The highest BCUT2D eigenvalue weighted by molar-refractivity contribution is 7.21. The number of nitrogen functional groups attached to an aromatic ring is 1. The molecule has 0 saturated heterocycles. The van der Waals surface area contributed by atoms with Crippen LogP contribution in [-0.4, -0.2) is 30.1 Å². The molecule has 0 spiro atoms. The van der Waals surface area contributed by atoms with Gasteiger partial charge in [0, 0.05) is 18.7 Å². The van der Waals surface area contributed by atoms with Gasteiger partial charge in [0.25, 0.3) is 5.91 Å². The minimum atomic E-state index is -0.121. The van der Waals surface area contributed by atoms with Crippen molar-refractivity contribution in [2.75, 3.05) is 12.8 Å². The van der Waals surface area contributed by atoms with Crippen LogP contribution in [0.5, 0.6) is 0 Å². The highest BCUT2D eigenvalue weighted by atomic mass is 32.1. The Balaban J connectivity index is 1.88. The van der Waals surface area contributed by atoms with E-state index in [2.05, 4.69) is 10.3 Å². The molecule has 1 saturated carbocycles. The zero-order valence-corrected chi connectivity index (χ0v) is 13.0. The maximum atomic E-state index is 12.5. The molecule has 1 aliphatic rings. The fraction of sp³-hybridized carbons (Fsp3) is 0.467. The standard InChI is InChI=1S/C15H19N3O2S/c1-8-6-7-17-15-11(8)12(16)13(21-15)14(19)18-9-4-3-5-10(9)20-2/h6-7,9-10H,3-5,16H2,1-2H3,(H,18,19). The molecule has 2 atom stereocenters. The molecule has 0 bridgehead atoms. The molecule has 1 fully saturated rings. The van der Waals surface area contributed by atoms with Crippen LogP contribution in [0.1, 0.15) is 34.5 Å². The Labute approximate surface area is 127 Å². The monoisotopic (exact) mass is 305 g/mol. The average Bonchev–Trinajstić information content (AvgIpc) is 3.04. The van der Waals surface area contributed by atoms with Gasteiger partial charge in [-0.15, -0.1) is 11.3 Å². The van der Waals surface area contributed by atoms with E-state index in [-0.39, 0.29) is 18.1 Å². The van der Waals surface area contributed by atoms with Crippen LogP contribution in [0.4, 0.5) is 5.69 Å². The van der Waals surface area contributed by atoms with Gasteiger partial charge in [-0.2, -0.15) is 0 Å². The topological polar surface area (TPSA) is 77.2 Å². The van der Waals surface area contributed by atoms with Gasteiger partial charge < -0.3 is 15.8 Å². The fourth-order valence-corrected chi connectivity index (χ4v) is 4.02. The smallest absolute Gasteiger partial charge is 0.263 e. The van der Waals surface area contributed by atoms with Crippen molar-refractivity contribution in [1.29, 1.82) is 0 Å². The van der Waals surface area contributed by atoms with Crippen molar-refractivity contribution in [3.05, 3.63) is 22.7 Å². The van der Waals surface area contributed by atoms with E-state index in [1.54, 1.807) is 13.3 Å². The number of anilines is 1. The number of nitrogens with two attached hydrogens (primary N) is 1. The summed E-state index contributed by atoms with van der Waals surface area (Å²) in [6.45, 7) is 1.98. The Hall–Kier alpha value is -1.66. The lowest BCUT2D eigenvalue weighted by Gasteiger charge is -2.19. The van der Waals surface area contributed by atoms with Gasteiger partial charge in [-0.05, 0) is 37.8 Å². The van der Waals surface area contributed by atoms with Crippen LogP contribution < -0.4 is 11.1 Å². The molecule has 0 aromatic carbocycles. The van der Waals surface area contributed by atoms with Gasteiger partial charge in [-0.1, -0.05) is 0 Å². The number of fused-ring (bicyclic) bond motifs is 1. The molecule has 0 aliphatic heterocycles. The molecule has 2 aromatic heterocycles. The molecule has 1 amide bonds. The summed E-state index contributed by atoms with van der Waals surface area (Å²) in [5.41, 5.74) is 7.74. The second-order valence-corrected chi connectivity index (χ2v) is 6.44. The maximum Gasteiger partial charge on any atom is 0.263 e. The first-order chi connectivity index (χ1) is 10.1. The maximum absolute atomic E-state index is 12.5. The molecule has 2 heterocycles. The van der Waals surface area contributed by atoms with E-state index in [1.807, 2.05) is 13.0 Å². The Morgan fingerprint density at radius 2 is 2.33 bits per heavy atom. The number of carbonyl (C=O) groups is 1. The van der Waals surface area contributed by atoms with Crippen LogP contribution >= 0.6 is 11.3 Å². The van der Waals surface area contributed by atoms with Crippen molar-refractivity contribution in [3.63, 3.8) is 0 Å². The first-order valence-corrected chi connectivity index (χ1v) is 7.90. The number of nitrogens with zero attached hydrogens (tertiary/aromatic N) is 1. The number of aryl methyl sites for hydroxylation is 1. The van der Waals surface area contributed by atoms with Gasteiger partial charge in [0.2, 0.25) is 0 Å². The second-order valence-electron chi connectivity index (χ2n) is 5.44. The third-order valence-electron chi connectivity index (χ3n) is 4.12. The molecule has 2 aromatic rings. The number of hydrogen-bond acceptors (Lipinski definition) is 5. The van der Waals surface area contributed by atoms with Gasteiger partial charge in [0.05, 0.1) is 17.8 Å². The molecule has 21 heavy (non-hydrogen) atoms. The first-order valence-electron chi connectivity index (χ1n) is 7.09. The SMILES string of the molecule is COC1CCCC1NC(=O)c1sc2nccc(C)c2c1N. The van der Waals surface area contributed by atoms with E-state index < -0.39 is 0 Å². The van der Waals surface area contributed by atoms with Crippen LogP contribution in [0.3, 0.4) is 0 Å². The molecule has 6 heteroatoms. The molecule has 112 valence electrons. The quantitative estimate of drug-likeness (QED) is 0.913. The molecule has 5 nitrogen and oxygen atoms in total. The molecule has 3 N–H and O–H groups in total. The van der Waals surface area contributed by atoms with E-state index in [0.29, 0.717) is 10.6 Å². The Kier molecular flexibility index (Phi) is 3.82. The van der Waals surface area contributed by atoms with E-state index in [9.17, 15) is 4.79 Å². The summed E-state index contributed by atoms with van der Waals surface area (Å²) in [5.74, 6) is -0.121. The fourth-order valence-electron chi connectivity index (χ4n) is 2.98. The number of amides is 1. The summed E-state index contributed by atoms with van der Waals surface area (Å²) in [7, 11) is 1.69. The number of carbonyl (C=O) groups excluding carboxylic acids is 1. The van der Waals surface area contributed by atoms with Crippen LogP contribution in [0.25, 0.3) is 10.2 Å². The summed E-state index contributed by atoms with van der Waals surface area (Å²) < 4.78 is 5.41. The van der Waals surface area contributed by atoms with Crippen LogP contribution in [0.2, 0.25) is 0 Å². The van der Waals surface area contributed by atoms with Crippen molar-refractivity contribution >= 4 is 33.1 Å². The number of pyridine rings is 1.